The van der Waals surface area contributed by atoms with Gasteiger partial charge in [-0.2, -0.15) is 4.31 Å². The van der Waals surface area contributed by atoms with Gasteiger partial charge in [-0.3, -0.25) is 0 Å². The van der Waals surface area contributed by atoms with Crippen molar-refractivity contribution in [1.82, 2.24) is 24.0 Å². The van der Waals surface area contributed by atoms with Gasteiger partial charge in [0, 0.05) is 26.2 Å². The van der Waals surface area contributed by atoms with Crippen LogP contribution in [0.5, 0.6) is 0 Å². The third-order valence-electron chi connectivity index (χ3n) is 3.16. The topological polar surface area (TPSA) is 114 Å². The van der Waals surface area contributed by atoms with Crippen molar-refractivity contribution < 1.29 is 16.8 Å². The second-order valence-electron chi connectivity index (χ2n) is 4.88. The number of rotatable bonds is 4. The molecule has 1 aliphatic rings. The van der Waals surface area contributed by atoms with Crippen LogP contribution in [0.1, 0.15) is 12.8 Å². The van der Waals surface area contributed by atoms with Crippen LogP contribution in [0, 0.1) is 0 Å². The monoisotopic (exact) mass is 401 g/mol. The number of hydrogen-bond acceptors (Lipinski definition) is 6. The van der Waals surface area contributed by atoms with Gasteiger partial charge in [-0.05, 0) is 28.8 Å². The summed E-state index contributed by atoms with van der Waals surface area (Å²) in [4.78, 5) is 0. The molecule has 0 bridgehead atoms. The van der Waals surface area contributed by atoms with Crippen molar-refractivity contribution in [2.45, 2.75) is 23.9 Å². The van der Waals surface area contributed by atoms with E-state index < -0.39 is 20.0 Å². The highest BCUT2D eigenvalue weighted by molar-refractivity contribution is 9.10. The summed E-state index contributed by atoms with van der Waals surface area (Å²) >= 11 is 3.08. The van der Waals surface area contributed by atoms with Gasteiger partial charge in [-0.25, -0.2) is 26.2 Å². The molecule has 0 atom stereocenters. The molecule has 12 heteroatoms. The molecule has 1 N–H and O–H groups in total. The van der Waals surface area contributed by atoms with Crippen LogP contribution in [0.15, 0.2) is 9.63 Å². The van der Waals surface area contributed by atoms with E-state index in [4.69, 9.17) is 0 Å². The molecular weight excluding hydrogens is 386 g/mol. The summed E-state index contributed by atoms with van der Waals surface area (Å²) in [7, 11) is -5.48. The number of sulfonamides is 2. The van der Waals surface area contributed by atoms with Crippen molar-refractivity contribution >= 4 is 36.0 Å². The molecule has 1 aromatic heterocycles. The average molecular weight is 402 g/mol. The Morgan fingerprint density at radius 2 is 1.81 bits per heavy atom. The normalized spacial score (nSPS) is 19.0. The molecule has 1 fully saturated rings. The summed E-state index contributed by atoms with van der Waals surface area (Å²) in [6.45, 7) is 0.486. The molecule has 1 aliphatic heterocycles. The van der Waals surface area contributed by atoms with Crippen molar-refractivity contribution in [2.75, 3.05) is 19.3 Å². The maximum absolute atomic E-state index is 12.5. The van der Waals surface area contributed by atoms with Crippen LogP contribution in [0.3, 0.4) is 0 Å². The highest BCUT2D eigenvalue weighted by Gasteiger charge is 2.34. The molecular formula is C9H16BrN5O4S2. The molecule has 0 spiro atoms. The van der Waals surface area contributed by atoms with E-state index in [9.17, 15) is 16.8 Å². The van der Waals surface area contributed by atoms with E-state index in [0.29, 0.717) is 12.8 Å². The lowest BCUT2D eigenvalue weighted by Crippen LogP contribution is -2.46. The highest BCUT2D eigenvalue weighted by atomic mass is 79.9. The lowest BCUT2D eigenvalue weighted by molar-refractivity contribution is 0.307. The molecule has 9 nitrogen and oxygen atoms in total. The van der Waals surface area contributed by atoms with Crippen LogP contribution in [-0.2, 0) is 27.1 Å². The zero-order chi connectivity index (χ0) is 15.8. The SMILES string of the molecule is Cn1nnc(Br)c1S(=O)(=O)N1CCC(NS(C)(=O)=O)CC1. The fourth-order valence-corrected chi connectivity index (χ4v) is 5.58. The predicted octanol–water partition coefficient (Wildman–Crippen LogP) is -0.720. The van der Waals surface area contributed by atoms with Crippen LogP contribution in [0.25, 0.3) is 0 Å². The Labute approximate surface area is 131 Å². The first kappa shape index (κ1) is 16.8. The van der Waals surface area contributed by atoms with Crippen LogP contribution in [0.4, 0.5) is 0 Å². The molecule has 0 radical (unpaired) electrons. The van der Waals surface area contributed by atoms with Gasteiger partial charge in [0.05, 0.1) is 6.26 Å². The van der Waals surface area contributed by atoms with Gasteiger partial charge in [-0.15, -0.1) is 5.10 Å². The molecule has 120 valence electrons. The molecule has 0 aliphatic carbocycles. The highest BCUT2D eigenvalue weighted by Crippen LogP contribution is 2.25. The smallest absolute Gasteiger partial charge is 0.235 e. The van der Waals surface area contributed by atoms with Crippen molar-refractivity contribution in [3.8, 4) is 0 Å². The molecule has 0 unspecified atom stereocenters. The third kappa shape index (κ3) is 3.80. The number of nitrogens with zero attached hydrogens (tertiary/aromatic N) is 4. The summed E-state index contributed by atoms with van der Waals surface area (Å²) in [6, 6.07) is -0.237. The number of aromatic nitrogens is 3. The van der Waals surface area contributed by atoms with Crippen molar-refractivity contribution in [2.24, 2.45) is 7.05 Å². The zero-order valence-corrected chi connectivity index (χ0v) is 14.7. The lowest BCUT2D eigenvalue weighted by Gasteiger charge is -2.30. The van der Waals surface area contributed by atoms with E-state index in [1.54, 1.807) is 0 Å². The number of aryl methyl sites for hydroxylation is 1. The first-order chi connectivity index (χ1) is 9.61. The molecule has 1 saturated heterocycles. The standard InChI is InChI=1S/C9H16BrN5O4S2/c1-14-9(8(10)11-13-14)21(18,19)15-5-3-7(4-6-15)12-20(2,16)17/h7,12H,3-6H2,1-2H3. The van der Waals surface area contributed by atoms with Gasteiger partial charge < -0.3 is 0 Å². The second-order valence-corrected chi connectivity index (χ2v) is 9.26. The second kappa shape index (κ2) is 5.91. The van der Waals surface area contributed by atoms with Crippen molar-refractivity contribution in [1.29, 1.82) is 0 Å². The Morgan fingerprint density at radius 3 is 2.24 bits per heavy atom. The minimum absolute atomic E-state index is 0.00276. The van der Waals surface area contributed by atoms with Gasteiger partial charge in [0.15, 0.2) is 4.60 Å². The maximum Gasteiger partial charge on any atom is 0.263 e. The molecule has 0 amide bonds. The molecule has 1 aromatic rings. The van der Waals surface area contributed by atoms with E-state index in [0.717, 1.165) is 6.26 Å². The third-order valence-corrected chi connectivity index (χ3v) is 6.71. The minimum atomic E-state index is -3.70. The zero-order valence-electron chi connectivity index (χ0n) is 11.5. The van der Waals surface area contributed by atoms with Crippen LogP contribution in [0.2, 0.25) is 0 Å². The van der Waals surface area contributed by atoms with Gasteiger partial charge >= 0.3 is 0 Å². The Hall–Kier alpha value is -0.560. The van der Waals surface area contributed by atoms with Gasteiger partial charge in [0.1, 0.15) is 0 Å². The van der Waals surface area contributed by atoms with Gasteiger partial charge in [0.2, 0.25) is 15.0 Å². The van der Waals surface area contributed by atoms with E-state index in [-0.39, 0.29) is 28.8 Å². The first-order valence-corrected chi connectivity index (χ1v) is 10.3. The molecule has 21 heavy (non-hydrogen) atoms. The maximum atomic E-state index is 12.5. The fourth-order valence-electron chi connectivity index (χ4n) is 2.24. The number of piperidine rings is 1. The molecule has 0 aromatic carbocycles. The summed E-state index contributed by atoms with van der Waals surface area (Å²) in [5.41, 5.74) is 0. The van der Waals surface area contributed by atoms with Gasteiger partial charge in [-0.1, -0.05) is 5.21 Å². The summed E-state index contributed by atoms with van der Waals surface area (Å²) in [6.07, 6.45) is 1.94. The Kier molecular flexibility index (Phi) is 4.73. The Bertz CT molecular complexity index is 702. The van der Waals surface area contributed by atoms with Crippen molar-refractivity contribution in [3.05, 3.63) is 4.60 Å². The summed E-state index contributed by atoms with van der Waals surface area (Å²) < 4.78 is 52.6. The van der Waals surface area contributed by atoms with Crippen LogP contribution < -0.4 is 4.72 Å². The Morgan fingerprint density at radius 1 is 1.24 bits per heavy atom. The Balaban J connectivity index is 2.12. The molecule has 2 rings (SSSR count). The predicted molar refractivity (Wildman–Crippen MR) is 78.5 cm³/mol. The summed E-state index contributed by atoms with van der Waals surface area (Å²) in [5.74, 6) is 0. The molecule has 2 heterocycles. The van der Waals surface area contributed by atoms with E-state index in [2.05, 4.69) is 31.0 Å². The minimum Gasteiger partial charge on any atom is -0.235 e. The van der Waals surface area contributed by atoms with E-state index >= 15 is 0 Å². The van der Waals surface area contributed by atoms with Gasteiger partial charge in [0.25, 0.3) is 10.0 Å². The number of hydrogen-bond donors (Lipinski definition) is 1. The van der Waals surface area contributed by atoms with Crippen LogP contribution >= 0.6 is 15.9 Å². The van der Waals surface area contributed by atoms with Crippen molar-refractivity contribution in [3.63, 3.8) is 0 Å². The van der Waals surface area contributed by atoms with E-state index in [1.807, 2.05) is 0 Å². The van der Waals surface area contributed by atoms with Crippen LogP contribution in [-0.4, -0.2) is 61.5 Å². The quantitative estimate of drug-likeness (QED) is 0.711. The summed E-state index contributed by atoms with van der Waals surface area (Å²) in [5, 5.41) is 7.33. The largest absolute Gasteiger partial charge is 0.263 e. The first-order valence-electron chi connectivity index (χ1n) is 6.14. The average Bonchev–Trinajstić information content (AvgIpc) is 2.68. The molecule has 0 saturated carbocycles. The number of halogens is 1. The fraction of sp³-hybridized carbons (Fsp3) is 0.778. The lowest BCUT2D eigenvalue weighted by atomic mass is 10.1. The number of nitrogens with one attached hydrogen (secondary N) is 1. The van der Waals surface area contributed by atoms with E-state index in [1.165, 1.54) is 16.0 Å².